The minimum absolute atomic E-state index is 0.235. The number of amides is 2. The molecule has 1 unspecified atom stereocenters. The van der Waals surface area contributed by atoms with Crippen LogP contribution in [0.4, 0.5) is 9.59 Å². The van der Waals surface area contributed by atoms with Crippen LogP contribution in [0.15, 0.2) is 0 Å². The van der Waals surface area contributed by atoms with E-state index in [9.17, 15) is 9.59 Å². The number of alkyl halides is 1. The second-order valence-corrected chi connectivity index (χ2v) is 5.35. The fourth-order valence-electron chi connectivity index (χ4n) is 1.33. The van der Waals surface area contributed by atoms with Gasteiger partial charge in [0.05, 0.1) is 6.04 Å². The number of cyclic esters (lactones) is 1. The highest BCUT2D eigenvalue weighted by molar-refractivity contribution is 9.09. The van der Waals surface area contributed by atoms with Crippen LogP contribution >= 0.6 is 15.9 Å². The van der Waals surface area contributed by atoms with Gasteiger partial charge in [-0.3, -0.25) is 0 Å². The smallest absolute Gasteiger partial charge is 0.420 e. The Morgan fingerprint density at radius 3 is 2.75 bits per heavy atom. The van der Waals surface area contributed by atoms with E-state index in [0.717, 1.165) is 4.90 Å². The molecule has 0 N–H and O–H groups in total. The second-order valence-electron chi connectivity index (χ2n) is 4.56. The normalized spacial score (nSPS) is 20.9. The Kier molecular flexibility index (Phi) is 4.18. The summed E-state index contributed by atoms with van der Waals surface area (Å²) in [6.45, 7) is 5.51. The van der Waals surface area contributed by atoms with E-state index >= 15 is 0 Å². The molecule has 1 rings (SSSR count). The van der Waals surface area contributed by atoms with E-state index in [4.69, 9.17) is 9.47 Å². The lowest BCUT2D eigenvalue weighted by molar-refractivity contribution is 0.0291. The summed E-state index contributed by atoms with van der Waals surface area (Å²) in [6, 6.07) is -0.235. The molecule has 0 bridgehead atoms. The zero-order chi connectivity index (χ0) is 12.3. The molecular formula is C10H16BrNO4. The van der Waals surface area contributed by atoms with Crippen LogP contribution in [0.2, 0.25) is 0 Å². The number of nitrogens with zero attached hydrogens (tertiary/aromatic N) is 1. The van der Waals surface area contributed by atoms with E-state index in [1.165, 1.54) is 0 Å². The minimum atomic E-state index is -0.638. The molecule has 16 heavy (non-hydrogen) atoms. The molecule has 5 nitrogen and oxygen atoms in total. The first-order chi connectivity index (χ1) is 7.35. The lowest BCUT2D eigenvalue weighted by Crippen LogP contribution is -2.42. The van der Waals surface area contributed by atoms with Crippen LogP contribution in [0.25, 0.3) is 0 Å². The Balaban J connectivity index is 2.68. The SMILES string of the molecule is CC(C)(C)OC(=O)N1C(=O)OCC1CCBr. The highest BCUT2D eigenvalue weighted by Gasteiger charge is 2.39. The third-order valence-corrected chi connectivity index (χ3v) is 2.45. The van der Waals surface area contributed by atoms with Crippen molar-refractivity contribution >= 4 is 28.1 Å². The van der Waals surface area contributed by atoms with Gasteiger partial charge in [-0.1, -0.05) is 15.9 Å². The average Bonchev–Trinajstić information content (AvgIpc) is 2.44. The van der Waals surface area contributed by atoms with Crippen LogP contribution in [0.1, 0.15) is 27.2 Å². The van der Waals surface area contributed by atoms with Gasteiger partial charge in [0.1, 0.15) is 12.2 Å². The fraction of sp³-hybridized carbons (Fsp3) is 0.800. The van der Waals surface area contributed by atoms with Crippen LogP contribution in [-0.2, 0) is 9.47 Å². The summed E-state index contributed by atoms with van der Waals surface area (Å²) in [5, 5.41) is 0.702. The quantitative estimate of drug-likeness (QED) is 0.734. The van der Waals surface area contributed by atoms with Crippen molar-refractivity contribution in [3.8, 4) is 0 Å². The van der Waals surface area contributed by atoms with Crippen molar-refractivity contribution in [3.05, 3.63) is 0 Å². The zero-order valence-corrected chi connectivity index (χ0v) is 11.2. The van der Waals surface area contributed by atoms with Crippen LogP contribution < -0.4 is 0 Å². The number of ether oxygens (including phenoxy) is 2. The number of halogens is 1. The summed E-state index contributed by atoms with van der Waals surface area (Å²) in [5.41, 5.74) is -0.612. The van der Waals surface area contributed by atoms with Crippen molar-refractivity contribution in [2.24, 2.45) is 0 Å². The van der Waals surface area contributed by atoms with Crippen LogP contribution in [0, 0.1) is 0 Å². The van der Waals surface area contributed by atoms with Crippen molar-refractivity contribution < 1.29 is 19.1 Å². The molecular weight excluding hydrogens is 278 g/mol. The first-order valence-corrected chi connectivity index (χ1v) is 6.22. The Morgan fingerprint density at radius 1 is 1.62 bits per heavy atom. The third kappa shape index (κ3) is 3.37. The lowest BCUT2D eigenvalue weighted by atomic mass is 10.2. The van der Waals surface area contributed by atoms with Crippen LogP contribution in [-0.4, -0.2) is 40.7 Å². The van der Waals surface area contributed by atoms with E-state index in [1.807, 2.05) is 0 Å². The molecule has 0 aromatic heterocycles. The minimum Gasteiger partial charge on any atom is -0.447 e. The summed E-state index contributed by atoms with van der Waals surface area (Å²) < 4.78 is 9.97. The number of carbonyl (C=O) groups excluding carboxylic acids is 2. The molecule has 1 saturated heterocycles. The largest absolute Gasteiger partial charge is 0.447 e. The zero-order valence-electron chi connectivity index (χ0n) is 9.66. The van der Waals surface area contributed by atoms with Gasteiger partial charge < -0.3 is 9.47 Å². The highest BCUT2D eigenvalue weighted by Crippen LogP contribution is 2.20. The van der Waals surface area contributed by atoms with E-state index in [-0.39, 0.29) is 12.6 Å². The summed E-state index contributed by atoms with van der Waals surface area (Å²) in [5.74, 6) is 0. The maximum Gasteiger partial charge on any atom is 0.420 e. The molecule has 1 aliphatic heterocycles. The van der Waals surface area contributed by atoms with Crippen molar-refractivity contribution in [2.45, 2.75) is 38.8 Å². The van der Waals surface area contributed by atoms with Crippen LogP contribution in [0.3, 0.4) is 0 Å². The van der Waals surface area contributed by atoms with Gasteiger partial charge >= 0.3 is 12.2 Å². The molecule has 1 aliphatic rings. The van der Waals surface area contributed by atoms with Gasteiger partial charge in [0.25, 0.3) is 0 Å². The second kappa shape index (κ2) is 5.03. The Labute approximate surface area is 103 Å². The predicted molar refractivity (Wildman–Crippen MR) is 61.6 cm³/mol. The van der Waals surface area contributed by atoms with E-state index in [2.05, 4.69) is 15.9 Å². The van der Waals surface area contributed by atoms with E-state index < -0.39 is 17.8 Å². The van der Waals surface area contributed by atoms with Crippen molar-refractivity contribution in [3.63, 3.8) is 0 Å². The summed E-state index contributed by atoms with van der Waals surface area (Å²) in [6.07, 6.45) is -0.605. The van der Waals surface area contributed by atoms with Gasteiger partial charge in [-0.2, -0.15) is 0 Å². The van der Waals surface area contributed by atoms with Gasteiger partial charge in [-0.05, 0) is 27.2 Å². The van der Waals surface area contributed by atoms with Crippen molar-refractivity contribution in [1.29, 1.82) is 0 Å². The van der Waals surface area contributed by atoms with Gasteiger partial charge in [0.2, 0.25) is 0 Å². The lowest BCUT2D eigenvalue weighted by Gasteiger charge is -2.24. The van der Waals surface area contributed by atoms with Gasteiger partial charge in [0.15, 0.2) is 0 Å². The molecule has 1 fully saturated rings. The summed E-state index contributed by atoms with van der Waals surface area (Å²) >= 11 is 3.27. The molecule has 92 valence electrons. The number of hydrogen-bond donors (Lipinski definition) is 0. The monoisotopic (exact) mass is 293 g/mol. The van der Waals surface area contributed by atoms with E-state index in [1.54, 1.807) is 20.8 Å². The standard InChI is InChI=1S/C10H16BrNO4/c1-10(2,3)16-9(14)12-7(4-5-11)6-15-8(12)13/h7H,4-6H2,1-3H3. The Hall–Kier alpha value is -0.780. The van der Waals surface area contributed by atoms with Crippen LogP contribution in [0.5, 0.6) is 0 Å². The van der Waals surface area contributed by atoms with Gasteiger partial charge in [-0.15, -0.1) is 0 Å². The highest BCUT2D eigenvalue weighted by atomic mass is 79.9. The number of rotatable bonds is 2. The molecule has 1 atom stereocenters. The third-order valence-electron chi connectivity index (χ3n) is 1.99. The molecule has 0 saturated carbocycles. The molecule has 0 radical (unpaired) electrons. The van der Waals surface area contributed by atoms with E-state index in [0.29, 0.717) is 11.8 Å². The summed E-state index contributed by atoms with van der Waals surface area (Å²) in [7, 11) is 0. The van der Waals surface area contributed by atoms with Crippen molar-refractivity contribution in [2.75, 3.05) is 11.9 Å². The first kappa shape index (κ1) is 13.3. The fourth-order valence-corrected chi connectivity index (χ4v) is 1.86. The number of hydrogen-bond acceptors (Lipinski definition) is 4. The molecule has 0 aliphatic carbocycles. The first-order valence-electron chi connectivity index (χ1n) is 5.10. The van der Waals surface area contributed by atoms with Gasteiger partial charge in [-0.25, -0.2) is 14.5 Å². The molecule has 0 spiro atoms. The van der Waals surface area contributed by atoms with Gasteiger partial charge in [0, 0.05) is 5.33 Å². The molecule has 0 aromatic carbocycles. The molecule has 6 heteroatoms. The predicted octanol–water partition coefficient (Wildman–Crippen LogP) is 2.53. The summed E-state index contributed by atoms with van der Waals surface area (Å²) in [4.78, 5) is 24.2. The Morgan fingerprint density at radius 2 is 2.25 bits per heavy atom. The average molecular weight is 294 g/mol. The molecule has 0 aromatic rings. The number of carbonyl (C=O) groups is 2. The number of imide groups is 1. The van der Waals surface area contributed by atoms with Crippen molar-refractivity contribution in [1.82, 2.24) is 4.90 Å². The molecule has 2 amide bonds. The maximum atomic E-state index is 11.7. The molecule has 1 heterocycles. The topological polar surface area (TPSA) is 55.8 Å². The maximum absolute atomic E-state index is 11.7. The Bertz CT molecular complexity index is 287.